The molecule has 130 valence electrons. The molecule has 0 saturated heterocycles. The zero-order valence-electron chi connectivity index (χ0n) is 13.1. The summed E-state index contributed by atoms with van der Waals surface area (Å²) in [6, 6.07) is 0. The van der Waals surface area contributed by atoms with E-state index in [2.05, 4.69) is 10.1 Å². The third-order valence-electron chi connectivity index (χ3n) is 3.29. The molecule has 0 atom stereocenters. The van der Waals surface area contributed by atoms with Gasteiger partial charge >= 0.3 is 0 Å². The molecule has 0 spiro atoms. The summed E-state index contributed by atoms with van der Waals surface area (Å²) in [4.78, 5) is 27.7. The lowest BCUT2D eigenvalue weighted by Crippen LogP contribution is -2.17. The molecule has 0 unspecified atom stereocenters. The van der Waals surface area contributed by atoms with E-state index in [-0.39, 0.29) is 32.2 Å². The molecule has 0 saturated carbocycles. The van der Waals surface area contributed by atoms with Gasteiger partial charge in [0.2, 0.25) is 24.9 Å². The number of nitrogen functional groups attached to an aromatic ring is 1. The first kappa shape index (κ1) is 17.0. The average Bonchev–Trinajstić information content (AvgIpc) is 2.97. The summed E-state index contributed by atoms with van der Waals surface area (Å²) in [5, 5.41) is 3.90. The minimum Gasteiger partial charge on any atom is -0.493 e. The first-order valence-electron chi connectivity index (χ1n) is 6.80. The number of hydrogen-bond acceptors (Lipinski definition) is 9. The molecule has 9 nitrogen and oxygen atoms in total. The first-order valence-corrected chi connectivity index (χ1v) is 9.50. The molecule has 0 radical (unpaired) electrons. The van der Waals surface area contributed by atoms with Crippen LogP contribution in [0.3, 0.4) is 0 Å². The van der Waals surface area contributed by atoms with Gasteiger partial charge < -0.3 is 10.5 Å². The number of sulfone groups is 1. The topological polar surface area (TPSA) is 134 Å². The normalized spacial score (nSPS) is 16.5. The van der Waals surface area contributed by atoms with Gasteiger partial charge in [-0.25, -0.2) is 8.42 Å². The Balaban J connectivity index is 2.19. The molecule has 0 bridgehead atoms. The number of fused-ring (bicyclic) bond motifs is 1. The lowest BCUT2D eigenvalue weighted by molar-refractivity contribution is -0.114. The highest BCUT2D eigenvalue weighted by Gasteiger charge is 2.19. The number of ether oxygens (including phenoxy) is 1. The lowest BCUT2D eigenvalue weighted by Gasteiger charge is -2.08. The highest BCUT2D eigenvalue weighted by atomic mass is 32.2. The van der Waals surface area contributed by atoms with Crippen molar-refractivity contribution in [2.75, 3.05) is 19.1 Å². The molecule has 2 aromatic heterocycles. The summed E-state index contributed by atoms with van der Waals surface area (Å²) in [7, 11) is -2.19. The second kappa shape index (κ2) is 5.93. The molecule has 2 aromatic rings. The predicted molar refractivity (Wildman–Crippen MR) is 91.9 cm³/mol. The second-order valence-corrected chi connectivity index (χ2v) is 8.25. The van der Waals surface area contributed by atoms with Crippen molar-refractivity contribution in [3.05, 3.63) is 45.5 Å². The molecule has 2 heterocycles. The number of rotatable bonds is 3. The molecule has 0 aliphatic heterocycles. The molecule has 2 N–H and O–H groups in total. The van der Waals surface area contributed by atoms with E-state index < -0.39 is 15.4 Å². The summed E-state index contributed by atoms with van der Waals surface area (Å²) in [6.45, 7) is 0. The number of nitrogens with two attached hydrogens (primary N) is 1. The highest BCUT2D eigenvalue weighted by molar-refractivity contribution is 7.92. The fourth-order valence-corrected chi connectivity index (χ4v) is 3.78. The maximum atomic E-state index is 12.2. The van der Waals surface area contributed by atoms with E-state index in [1.54, 1.807) is 0 Å². The van der Waals surface area contributed by atoms with Crippen molar-refractivity contribution >= 4 is 43.8 Å². The number of nitrogens with zero attached hydrogens (tertiary/aromatic N) is 3. The number of allylic oxidation sites excluding steroid dienone is 4. The Labute approximate surface area is 145 Å². The number of anilines is 1. The van der Waals surface area contributed by atoms with Gasteiger partial charge in [-0.15, -0.1) is 5.10 Å². The molecule has 1 aliphatic rings. The van der Waals surface area contributed by atoms with E-state index in [4.69, 9.17) is 10.5 Å². The van der Waals surface area contributed by atoms with Crippen LogP contribution in [-0.4, -0.2) is 42.2 Å². The maximum Gasteiger partial charge on any atom is 0.283 e. The van der Waals surface area contributed by atoms with Crippen molar-refractivity contribution in [3.8, 4) is 0 Å². The zero-order valence-corrected chi connectivity index (χ0v) is 14.7. The van der Waals surface area contributed by atoms with Crippen molar-refractivity contribution in [3.63, 3.8) is 0 Å². The van der Waals surface area contributed by atoms with Crippen LogP contribution in [-0.2, 0) is 19.4 Å². The van der Waals surface area contributed by atoms with Gasteiger partial charge in [0.05, 0.1) is 12.7 Å². The number of carbonyl (C=O) groups is 1. The average molecular weight is 380 g/mol. The number of ketones is 1. The molecular weight excluding hydrogens is 368 g/mol. The van der Waals surface area contributed by atoms with Crippen LogP contribution in [0, 0.1) is 0 Å². The van der Waals surface area contributed by atoms with Crippen molar-refractivity contribution in [2.45, 2.75) is 4.34 Å². The van der Waals surface area contributed by atoms with Crippen molar-refractivity contribution in [1.82, 2.24) is 14.6 Å². The van der Waals surface area contributed by atoms with Crippen LogP contribution < -0.4 is 11.3 Å². The zero-order chi connectivity index (χ0) is 18.4. The van der Waals surface area contributed by atoms with Gasteiger partial charge in [0.25, 0.3) is 5.56 Å². The van der Waals surface area contributed by atoms with Crippen LogP contribution >= 0.6 is 11.3 Å². The highest BCUT2D eigenvalue weighted by Crippen LogP contribution is 2.22. The van der Waals surface area contributed by atoms with E-state index in [0.29, 0.717) is 5.57 Å². The van der Waals surface area contributed by atoms with Crippen LogP contribution in [0.4, 0.5) is 5.82 Å². The van der Waals surface area contributed by atoms with Gasteiger partial charge in [-0.3, -0.25) is 9.59 Å². The van der Waals surface area contributed by atoms with E-state index in [1.165, 1.54) is 31.4 Å². The summed E-state index contributed by atoms with van der Waals surface area (Å²) in [5.41, 5.74) is 5.87. The third-order valence-corrected chi connectivity index (χ3v) is 5.87. The smallest absolute Gasteiger partial charge is 0.283 e. The molecule has 0 aromatic carbocycles. The van der Waals surface area contributed by atoms with E-state index in [9.17, 15) is 18.0 Å². The minimum atomic E-state index is -3.55. The number of aromatic nitrogens is 3. The van der Waals surface area contributed by atoms with Gasteiger partial charge in [-0.2, -0.15) is 9.50 Å². The third kappa shape index (κ3) is 3.10. The van der Waals surface area contributed by atoms with Crippen LogP contribution in [0.25, 0.3) is 11.0 Å². The molecule has 0 amide bonds. The largest absolute Gasteiger partial charge is 0.493 e. The SMILES string of the molecule is COC1=C/C(=C\c2c(N)n3nc(S(C)(=O)=O)sc3nc2=O)C=CC1=O. The van der Waals surface area contributed by atoms with Crippen LogP contribution in [0.1, 0.15) is 5.56 Å². The molecule has 25 heavy (non-hydrogen) atoms. The van der Waals surface area contributed by atoms with Crippen LogP contribution in [0.15, 0.2) is 38.7 Å². The maximum absolute atomic E-state index is 12.2. The number of hydrogen-bond donors (Lipinski definition) is 1. The van der Waals surface area contributed by atoms with E-state index >= 15 is 0 Å². The Morgan fingerprint density at radius 2 is 2.04 bits per heavy atom. The molecule has 1 aliphatic carbocycles. The second-order valence-electron chi connectivity index (χ2n) is 5.11. The number of methoxy groups -OCH3 is 1. The standard InChI is InChI=1S/C14H12N4O5S2/c1-23-10-6-7(3-4-9(10)19)5-8-11(15)18-13(16-12(8)20)24-14(17-18)25(2,21)22/h3-6H,15H2,1-2H3/b7-5-. The van der Waals surface area contributed by atoms with Crippen molar-refractivity contribution in [2.24, 2.45) is 0 Å². The summed E-state index contributed by atoms with van der Waals surface area (Å²) in [5.74, 6) is -0.226. The first-order chi connectivity index (χ1) is 11.7. The van der Waals surface area contributed by atoms with Gasteiger partial charge in [-0.1, -0.05) is 17.4 Å². The molecule has 11 heteroatoms. The van der Waals surface area contributed by atoms with Crippen molar-refractivity contribution < 1.29 is 17.9 Å². The fraction of sp³-hybridized carbons (Fsp3) is 0.143. The fourth-order valence-electron chi connectivity index (χ4n) is 2.09. The summed E-state index contributed by atoms with van der Waals surface area (Å²) < 4.78 is 29.1. The van der Waals surface area contributed by atoms with E-state index in [0.717, 1.165) is 22.1 Å². The Kier molecular flexibility index (Phi) is 4.05. The van der Waals surface area contributed by atoms with Crippen LogP contribution in [0.2, 0.25) is 0 Å². The summed E-state index contributed by atoms with van der Waals surface area (Å²) >= 11 is 0.753. The monoisotopic (exact) mass is 380 g/mol. The predicted octanol–water partition coefficient (Wildman–Crippen LogP) is 0.189. The van der Waals surface area contributed by atoms with Gasteiger partial charge in [0.15, 0.2) is 5.76 Å². The Hall–Kier alpha value is -2.79. The van der Waals surface area contributed by atoms with Crippen molar-refractivity contribution in [1.29, 1.82) is 0 Å². The lowest BCUT2D eigenvalue weighted by atomic mass is 10.0. The molecule has 0 fully saturated rings. The molecule has 3 rings (SSSR count). The Bertz CT molecular complexity index is 1150. The van der Waals surface area contributed by atoms with E-state index in [1.807, 2.05) is 0 Å². The Morgan fingerprint density at radius 3 is 2.68 bits per heavy atom. The van der Waals surface area contributed by atoms with Gasteiger partial charge in [-0.05, 0) is 23.8 Å². The van der Waals surface area contributed by atoms with Crippen LogP contribution in [0.5, 0.6) is 0 Å². The van der Waals surface area contributed by atoms with Gasteiger partial charge in [0.1, 0.15) is 5.82 Å². The summed E-state index contributed by atoms with van der Waals surface area (Å²) in [6.07, 6.45) is 6.69. The molecular formula is C14H12N4O5S2. The Morgan fingerprint density at radius 1 is 1.32 bits per heavy atom. The quantitative estimate of drug-likeness (QED) is 0.797. The number of carbonyl (C=O) groups excluding carboxylic acids is 1. The minimum absolute atomic E-state index is 0.0311. The van der Waals surface area contributed by atoms with Gasteiger partial charge in [0, 0.05) is 6.26 Å².